The van der Waals surface area contributed by atoms with Crippen LogP contribution in [0.5, 0.6) is 17.4 Å². The highest BCUT2D eigenvalue weighted by Gasteiger charge is 2.13. The van der Waals surface area contributed by atoms with E-state index in [0.29, 0.717) is 0 Å². The van der Waals surface area contributed by atoms with Crippen LogP contribution in [-0.4, -0.2) is 22.0 Å². The fourth-order valence-corrected chi connectivity index (χ4v) is 1.38. The van der Waals surface area contributed by atoms with Crippen LogP contribution in [-0.2, 0) is 0 Å². The quantitative estimate of drug-likeness (QED) is 0.659. The molecule has 0 unspecified atom stereocenters. The van der Waals surface area contributed by atoms with E-state index in [1.165, 1.54) is 37.7 Å². The zero-order valence-corrected chi connectivity index (χ0v) is 9.94. The van der Waals surface area contributed by atoms with Crippen molar-refractivity contribution in [3.05, 3.63) is 40.7 Å². The van der Waals surface area contributed by atoms with Gasteiger partial charge in [0.05, 0.1) is 30.5 Å². The average molecular weight is 262 g/mol. The summed E-state index contributed by atoms with van der Waals surface area (Å²) in [7, 11) is 1.39. The van der Waals surface area contributed by atoms with Crippen molar-refractivity contribution in [3.63, 3.8) is 0 Å². The molecule has 0 aliphatic rings. The third-order valence-corrected chi connectivity index (χ3v) is 2.20. The van der Waals surface area contributed by atoms with E-state index in [0.717, 1.165) is 0 Å². The number of benzene rings is 1. The number of nitrogens with two attached hydrogens (primary N) is 1. The summed E-state index contributed by atoms with van der Waals surface area (Å²) in [6, 6.07) is 3.98. The molecule has 0 atom stereocenters. The lowest BCUT2D eigenvalue weighted by Gasteiger charge is -2.09. The Bertz CT molecular complexity index is 617. The highest BCUT2D eigenvalue weighted by Crippen LogP contribution is 2.33. The molecule has 8 heteroatoms. The first kappa shape index (κ1) is 12.6. The van der Waals surface area contributed by atoms with Crippen LogP contribution in [0, 0.1) is 10.1 Å². The Hall–Kier alpha value is -2.90. The minimum absolute atomic E-state index is 0.0946. The van der Waals surface area contributed by atoms with Gasteiger partial charge in [-0.3, -0.25) is 15.1 Å². The summed E-state index contributed by atoms with van der Waals surface area (Å²) in [4.78, 5) is 17.9. The average Bonchev–Trinajstić information content (AvgIpc) is 2.39. The van der Waals surface area contributed by atoms with Gasteiger partial charge in [0.15, 0.2) is 11.5 Å². The predicted octanol–water partition coefficient (Wildman–Crippen LogP) is 1.77. The third kappa shape index (κ3) is 2.86. The monoisotopic (exact) mass is 262 g/mol. The molecule has 2 rings (SSSR count). The minimum atomic E-state index is -0.521. The first-order chi connectivity index (χ1) is 9.10. The van der Waals surface area contributed by atoms with E-state index in [2.05, 4.69) is 9.97 Å². The third-order valence-electron chi connectivity index (χ3n) is 2.20. The maximum Gasteiger partial charge on any atom is 0.273 e. The van der Waals surface area contributed by atoms with E-state index in [-0.39, 0.29) is 28.9 Å². The summed E-state index contributed by atoms with van der Waals surface area (Å²) < 4.78 is 10.4. The number of hydrogen-bond acceptors (Lipinski definition) is 7. The molecule has 1 heterocycles. The number of aromatic nitrogens is 2. The lowest BCUT2D eigenvalue weighted by Crippen LogP contribution is -1.97. The lowest BCUT2D eigenvalue weighted by atomic mass is 10.3. The molecule has 0 aliphatic heterocycles. The van der Waals surface area contributed by atoms with E-state index in [9.17, 15) is 10.1 Å². The number of nitrogens with zero attached hydrogens (tertiary/aromatic N) is 3. The Kier molecular flexibility index (Phi) is 3.42. The number of anilines is 1. The van der Waals surface area contributed by atoms with Gasteiger partial charge in [0.25, 0.3) is 5.69 Å². The molecule has 0 radical (unpaired) electrons. The number of nitrogen functional groups attached to an aromatic ring is 1. The summed E-state index contributed by atoms with van der Waals surface area (Å²) in [6.07, 6.45) is 2.75. The molecular weight excluding hydrogens is 252 g/mol. The van der Waals surface area contributed by atoms with Gasteiger partial charge in [-0.25, -0.2) is 0 Å². The van der Waals surface area contributed by atoms with E-state index in [1.807, 2.05) is 0 Å². The number of rotatable bonds is 4. The minimum Gasteiger partial charge on any atom is -0.493 e. The largest absolute Gasteiger partial charge is 0.493 e. The number of nitro benzene ring substituents is 1. The zero-order chi connectivity index (χ0) is 13.8. The zero-order valence-electron chi connectivity index (χ0n) is 9.94. The summed E-state index contributed by atoms with van der Waals surface area (Å²) in [5, 5.41) is 10.7. The smallest absolute Gasteiger partial charge is 0.273 e. The first-order valence-corrected chi connectivity index (χ1v) is 5.18. The molecular formula is C11H10N4O4. The fourth-order valence-electron chi connectivity index (χ4n) is 1.38. The standard InChI is InChI=1S/C11H10N4O4/c1-18-9-4-7(15(16)17)2-3-8(9)19-11-6-13-5-10(12)14-11/h2-6H,1H3,(H2,12,14). The van der Waals surface area contributed by atoms with Crippen molar-refractivity contribution in [1.29, 1.82) is 0 Å². The van der Waals surface area contributed by atoms with Gasteiger partial charge in [0, 0.05) is 6.07 Å². The van der Waals surface area contributed by atoms with Crippen LogP contribution in [0.1, 0.15) is 0 Å². The van der Waals surface area contributed by atoms with Crippen LogP contribution in [0.4, 0.5) is 11.5 Å². The summed E-state index contributed by atoms with van der Waals surface area (Å²) in [5.41, 5.74) is 5.38. The molecule has 2 aromatic rings. The second kappa shape index (κ2) is 5.17. The van der Waals surface area contributed by atoms with E-state index < -0.39 is 4.92 Å². The van der Waals surface area contributed by atoms with Gasteiger partial charge in [-0.2, -0.15) is 4.98 Å². The molecule has 0 saturated heterocycles. The molecule has 0 amide bonds. The summed E-state index contributed by atoms with van der Waals surface area (Å²) in [6.45, 7) is 0. The Morgan fingerprint density at radius 1 is 1.32 bits per heavy atom. The molecule has 8 nitrogen and oxygen atoms in total. The van der Waals surface area contributed by atoms with Crippen LogP contribution in [0.15, 0.2) is 30.6 Å². The fraction of sp³-hybridized carbons (Fsp3) is 0.0909. The number of methoxy groups -OCH3 is 1. The lowest BCUT2D eigenvalue weighted by molar-refractivity contribution is -0.384. The second-order valence-electron chi connectivity index (χ2n) is 3.48. The van der Waals surface area contributed by atoms with Crippen LogP contribution in [0.25, 0.3) is 0 Å². The molecule has 0 fully saturated rings. The Balaban J connectivity index is 2.32. The maximum absolute atomic E-state index is 10.7. The van der Waals surface area contributed by atoms with Crippen LogP contribution >= 0.6 is 0 Å². The van der Waals surface area contributed by atoms with Crippen molar-refractivity contribution < 1.29 is 14.4 Å². The molecule has 2 N–H and O–H groups in total. The molecule has 0 aliphatic carbocycles. The van der Waals surface area contributed by atoms with Crippen molar-refractivity contribution in [2.75, 3.05) is 12.8 Å². The van der Waals surface area contributed by atoms with Gasteiger partial charge >= 0.3 is 0 Å². The van der Waals surface area contributed by atoms with Crippen molar-refractivity contribution >= 4 is 11.5 Å². The van der Waals surface area contributed by atoms with Crippen molar-refractivity contribution in [2.24, 2.45) is 0 Å². The van der Waals surface area contributed by atoms with Crippen molar-refractivity contribution in [3.8, 4) is 17.4 Å². The summed E-state index contributed by atoms with van der Waals surface area (Å²) >= 11 is 0. The van der Waals surface area contributed by atoms with Gasteiger partial charge in [-0.1, -0.05) is 0 Å². The van der Waals surface area contributed by atoms with E-state index in [4.69, 9.17) is 15.2 Å². The predicted molar refractivity (Wildman–Crippen MR) is 66.2 cm³/mol. The van der Waals surface area contributed by atoms with Gasteiger partial charge in [-0.05, 0) is 6.07 Å². The molecule has 19 heavy (non-hydrogen) atoms. The number of hydrogen-bond donors (Lipinski definition) is 1. The maximum atomic E-state index is 10.7. The highest BCUT2D eigenvalue weighted by molar-refractivity contribution is 5.49. The van der Waals surface area contributed by atoms with E-state index in [1.54, 1.807) is 0 Å². The molecule has 1 aromatic heterocycles. The van der Waals surface area contributed by atoms with Gasteiger partial charge < -0.3 is 15.2 Å². The van der Waals surface area contributed by atoms with Gasteiger partial charge in [0.2, 0.25) is 5.88 Å². The summed E-state index contributed by atoms with van der Waals surface area (Å²) in [5.74, 6) is 0.886. The molecule has 1 aromatic carbocycles. The number of ether oxygens (including phenoxy) is 2. The highest BCUT2D eigenvalue weighted by atomic mass is 16.6. The number of nitro groups is 1. The first-order valence-electron chi connectivity index (χ1n) is 5.18. The SMILES string of the molecule is COc1cc([N+](=O)[O-])ccc1Oc1cncc(N)n1. The van der Waals surface area contributed by atoms with Gasteiger partial charge in [0.1, 0.15) is 5.82 Å². The normalized spacial score (nSPS) is 9.95. The van der Waals surface area contributed by atoms with Crippen LogP contribution in [0.3, 0.4) is 0 Å². The molecule has 0 bridgehead atoms. The Labute approximate surface area is 108 Å². The van der Waals surface area contributed by atoms with Crippen LogP contribution < -0.4 is 15.2 Å². The molecule has 0 spiro atoms. The van der Waals surface area contributed by atoms with Crippen molar-refractivity contribution in [1.82, 2.24) is 9.97 Å². The Morgan fingerprint density at radius 2 is 2.11 bits per heavy atom. The van der Waals surface area contributed by atoms with Crippen molar-refractivity contribution in [2.45, 2.75) is 0 Å². The van der Waals surface area contributed by atoms with Crippen LogP contribution in [0.2, 0.25) is 0 Å². The van der Waals surface area contributed by atoms with Gasteiger partial charge in [-0.15, -0.1) is 0 Å². The molecule has 98 valence electrons. The molecule has 0 saturated carbocycles. The topological polar surface area (TPSA) is 113 Å². The second-order valence-corrected chi connectivity index (χ2v) is 3.48. The Morgan fingerprint density at radius 3 is 2.74 bits per heavy atom. The number of non-ortho nitro benzene ring substituents is 1. The van der Waals surface area contributed by atoms with E-state index >= 15 is 0 Å².